The summed E-state index contributed by atoms with van der Waals surface area (Å²) in [4.78, 5) is 4.87. The highest BCUT2D eigenvalue weighted by Crippen LogP contribution is 2.19. The van der Waals surface area contributed by atoms with Gasteiger partial charge in [-0.3, -0.25) is 9.80 Å². The van der Waals surface area contributed by atoms with Crippen molar-refractivity contribution in [1.29, 1.82) is 0 Å². The van der Waals surface area contributed by atoms with E-state index in [0.717, 1.165) is 38.3 Å². The summed E-state index contributed by atoms with van der Waals surface area (Å²) < 4.78 is 0. The summed E-state index contributed by atoms with van der Waals surface area (Å²) in [6.45, 7) is 13.8. The highest BCUT2D eigenvalue weighted by Gasteiger charge is 2.21. The summed E-state index contributed by atoms with van der Waals surface area (Å²) in [6.07, 6.45) is -0.375. The van der Waals surface area contributed by atoms with Crippen molar-refractivity contribution in [2.24, 2.45) is 0 Å². The predicted octanol–water partition coefficient (Wildman–Crippen LogP) is 2.36. The molecular weight excluding hydrogens is 248 g/mol. The van der Waals surface area contributed by atoms with Gasteiger partial charge >= 0.3 is 0 Å². The Morgan fingerprint density at radius 3 is 2.25 bits per heavy atom. The Hall–Kier alpha value is -0.900. The molecule has 3 heteroatoms. The van der Waals surface area contributed by atoms with E-state index in [4.69, 9.17) is 0 Å². The molecule has 2 rings (SSSR count). The van der Waals surface area contributed by atoms with Gasteiger partial charge in [-0.1, -0.05) is 18.2 Å². The molecule has 1 aromatic rings. The van der Waals surface area contributed by atoms with Crippen LogP contribution in [-0.4, -0.2) is 53.7 Å². The molecule has 1 saturated heterocycles. The predicted molar refractivity (Wildman–Crippen MR) is 84.0 cm³/mol. The first kappa shape index (κ1) is 15.5. The normalized spacial score (nSPS) is 19.5. The van der Waals surface area contributed by atoms with Crippen molar-refractivity contribution in [3.8, 4) is 0 Å². The molecule has 0 aliphatic carbocycles. The SMILES string of the molecule is Cc1ccc(C(O)CN2CCN(C(C)C)CC2)cc1C. The molecule has 1 aromatic carbocycles. The van der Waals surface area contributed by atoms with E-state index in [9.17, 15) is 5.11 Å². The molecule has 1 heterocycles. The van der Waals surface area contributed by atoms with Gasteiger partial charge in [0.25, 0.3) is 0 Å². The number of piperazine rings is 1. The average molecular weight is 276 g/mol. The van der Waals surface area contributed by atoms with Crippen LogP contribution in [0, 0.1) is 13.8 Å². The lowest BCUT2D eigenvalue weighted by Crippen LogP contribution is -2.49. The fraction of sp³-hybridized carbons (Fsp3) is 0.647. The van der Waals surface area contributed by atoms with Gasteiger partial charge in [-0.2, -0.15) is 0 Å². The second-order valence-corrected chi connectivity index (χ2v) is 6.29. The third-order valence-electron chi connectivity index (χ3n) is 4.48. The lowest BCUT2D eigenvalue weighted by atomic mass is 10.0. The molecule has 0 bridgehead atoms. The highest BCUT2D eigenvalue weighted by atomic mass is 16.3. The van der Waals surface area contributed by atoms with Crippen molar-refractivity contribution in [2.45, 2.75) is 39.8 Å². The third-order valence-corrected chi connectivity index (χ3v) is 4.48. The van der Waals surface area contributed by atoms with Crippen LogP contribution in [0.3, 0.4) is 0 Å². The van der Waals surface area contributed by atoms with Crippen LogP contribution < -0.4 is 0 Å². The first-order valence-corrected chi connectivity index (χ1v) is 7.69. The zero-order valence-corrected chi connectivity index (χ0v) is 13.3. The molecule has 1 aliphatic rings. The van der Waals surface area contributed by atoms with Crippen molar-refractivity contribution in [1.82, 2.24) is 9.80 Å². The molecule has 112 valence electrons. The monoisotopic (exact) mass is 276 g/mol. The number of β-amino-alcohol motifs (C(OH)–C–C–N with tert-alkyl or cyclic N) is 1. The zero-order chi connectivity index (χ0) is 14.7. The summed E-state index contributed by atoms with van der Waals surface area (Å²) in [7, 11) is 0. The zero-order valence-electron chi connectivity index (χ0n) is 13.3. The van der Waals surface area contributed by atoms with Gasteiger partial charge in [-0.25, -0.2) is 0 Å². The summed E-state index contributed by atoms with van der Waals surface area (Å²) in [6, 6.07) is 6.90. The minimum absolute atomic E-state index is 0.375. The third kappa shape index (κ3) is 3.81. The molecule has 1 unspecified atom stereocenters. The van der Waals surface area contributed by atoms with E-state index in [2.05, 4.69) is 55.7 Å². The molecule has 20 heavy (non-hydrogen) atoms. The Balaban J connectivity index is 1.89. The number of aliphatic hydroxyl groups is 1. The number of aryl methyl sites for hydroxylation is 2. The molecule has 0 amide bonds. The molecule has 0 spiro atoms. The van der Waals surface area contributed by atoms with Crippen LogP contribution in [0.2, 0.25) is 0 Å². The van der Waals surface area contributed by atoms with E-state index in [0.29, 0.717) is 6.04 Å². The van der Waals surface area contributed by atoms with E-state index >= 15 is 0 Å². The van der Waals surface area contributed by atoms with Gasteiger partial charge in [0.05, 0.1) is 6.10 Å². The Morgan fingerprint density at radius 2 is 1.70 bits per heavy atom. The maximum Gasteiger partial charge on any atom is 0.0917 e. The van der Waals surface area contributed by atoms with Crippen molar-refractivity contribution >= 4 is 0 Å². The highest BCUT2D eigenvalue weighted by molar-refractivity contribution is 5.31. The van der Waals surface area contributed by atoms with Crippen LogP contribution >= 0.6 is 0 Å². The van der Waals surface area contributed by atoms with Crippen LogP contribution in [0.1, 0.15) is 36.6 Å². The molecular formula is C17H28N2O. The van der Waals surface area contributed by atoms with Crippen LogP contribution in [0.25, 0.3) is 0 Å². The largest absolute Gasteiger partial charge is 0.387 e. The van der Waals surface area contributed by atoms with Crippen LogP contribution in [0.5, 0.6) is 0 Å². The van der Waals surface area contributed by atoms with Crippen LogP contribution in [-0.2, 0) is 0 Å². The van der Waals surface area contributed by atoms with Gasteiger partial charge in [-0.15, -0.1) is 0 Å². The lowest BCUT2D eigenvalue weighted by Gasteiger charge is -2.37. The summed E-state index contributed by atoms with van der Waals surface area (Å²) >= 11 is 0. The number of hydrogen-bond donors (Lipinski definition) is 1. The van der Waals surface area contributed by atoms with Crippen molar-refractivity contribution < 1.29 is 5.11 Å². The smallest absolute Gasteiger partial charge is 0.0917 e. The quantitative estimate of drug-likeness (QED) is 0.914. The van der Waals surface area contributed by atoms with Gasteiger partial charge < -0.3 is 5.11 Å². The Labute approximate surface area is 123 Å². The Bertz CT molecular complexity index is 437. The second kappa shape index (κ2) is 6.70. The van der Waals surface area contributed by atoms with Gasteiger partial charge in [0.2, 0.25) is 0 Å². The minimum Gasteiger partial charge on any atom is -0.387 e. The van der Waals surface area contributed by atoms with Crippen molar-refractivity contribution in [3.05, 3.63) is 34.9 Å². The van der Waals surface area contributed by atoms with Gasteiger partial charge in [-0.05, 0) is 44.4 Å². The summed E-state index contributed by atoms with van der Waals surface area (Å²) in [5, 5.41) is 10.4. The van der Waals surface area contributed by atoms with E-state index in [1.54, 1.807) is 0 Å². The molecule has 1 N–H and O–H groups in total. The number of hydrogen-bond acceptors (Lipinski definition) is 3. The maximum absolute atomic E-state index is 10.4. The van der Waals surface area contributed by atoms with E-state index in [1.807, 2.05) is 0 Å². The molecule has 1 aliphatic heterocycles. The lowest BCUT2D eigenvalue weighted by molar-refractivity contribution is 0.0621. The molecule has 1 fully saturated rings. The molecule has 0 radical (unpaired) electrons. The molecule has 0 aromatic heterocycles. The topological polar surface area (TPSA) is 26.7 Å². The van der Waals surface area contributed by atoms with Crippen LogP contribution in [0.4, 0.5) is 0 Å². The standard InChI is InChI=1S/C17H28N2O/c1-13(2)19-9-7-18(8-10-19)12-17(20)16-6-5-14(3)15(4)11-16/h5-6,11,13,17,20H,7-10,12H2,1-4H3. The van der Waals surface area contributed by atoms with Gasteiger partial charge in [0, 0.05) is 38.8 Å². The van der Waals surface area contributed by atoms with E-state index in [1.165, 1.54) is 11.1 Å². The first-order chi connectivity index (χ1) is 9.47. The fourth-order valence-electron chi connectivity index (χ4n) is 2.78. The van der Waals surface area contributed by atoms with Crippen LogP contribution in [0.15, 0.2) is 18.2 Å². The average Bonchev–Trinajstić information content (AvgIpc) is 2.42. The Kier molecular flexibility index (Phi) is 5.19. The van der Waals surface area contributed by atoms with E-state index < -0.39 is 0 Å². The second-order valence-electron chi connectivity index (χ2n) is 6.29. The number of aliphatic hydroxyl groups excluding tert-OH is 1. The minimum atomic E-state index is -0.375. The number of rotatable bonds is 4. The Morgan fingerprint density at radius 1 is 1.05 bits per heavy atom. The molecule has 3 nitrogen and oxygen atoms in total. The number of nitrogens with zero attached hydrogens (tertiary/aromatic N) is 2. The van der Waals surface area contributed by atoms with Gasteiger partial charge in [0.1, 0.15) is 0 Å². The van der Waals surface area contributed by atoms with E-state index in [-0.39, 0.29) is 6.10 Å². The molecule has 0 saturated carbocycles. The van der Waals surface area contributed by atoms with Gasteiger partial charge in [0.15, 0.2) is 0 Å². The molecule has 1 atom stereocenters. The number of benzene rings is 1. The fourth-order valence-corrected chi connectivity index (χ4v) is 2.78. The van der Waals surface area contributed by atoms with Crippen molar-refractivity contribution in [2.75, 3.05) is 32.7 Å². The van der Waals surface area contributed by atoms with Crippen molar-refractivity contribution in [3.63, 3.8) is 0 Å². The maximum atomic E-state index is 10.4. The first-order valence-electron chi connectivity index (χ1n) is 7.69. The summed E-state index contributed by atoms with van der Waals surface area (Å²) in [5.41, 5.74) is 3.58. The summed E-state index contributed by atoms with van der Waals surface area (Å²) in [5.74, 6) is 0.